The molecule has 9 heteroatoms. The maximum atomic E-state index is 12.5. The van der Waals surface area contributed by atoms with Crippen LogP contribution in [0.25, 0.3) is 11.0 Å². The lowest BCUT2D eigenvalue weighted by Gasteiger charge is -2.20. The van der Waals surface area contributed by atoms with E-state index in [0.29, 0.717) is 0 Å². The number of nitrogens with one attached hydrogen (secondary N) is 1. The van der Waals surface area contributed by atoms with E-state index >= 15 is 0 Å². The summed E-state index contributed by atoms with van der Waals surface area (Å²) in [5, 5.41) is 0. The van der Waals surface area contributed by atoms with Crippen LogP contribution in [0, 0.1) is 0 Å². The molecule has 2 aromatic rings. The van der Waals surface area contributed by atoms with Crippen LogP contribution in [0.2, 0.25) is 0 Å². The SMILES string of the molecule is Nc1cccc2[nH]c(C(C(F)(F)F)C(F)(F)F)nc12. The maximum absolute atomic E-state index is 12.5. The number of anilines is 1. The number of hydrogen-bond donors (Lipinski definition) is 2. The zero-order valence-corrected chi connectivity index (χ0v) is 9.10. The van der Waals surface area contributed by atoms with Crippen LogP contribution in [0.15, 0.2) is 18.2 Å². The van der Waals surface area contributed by atoms with Crippen LogP contribution in [0.3, 0.4) is 0 Å². The van der Waals surface area contributed by atoms with Gasteiger partial charge in [0.15, 0.2) is 0 Å². The molecular formula is C10H7F6N3. The van der Waals surface area contributed by atoms with E-state index in [2.05, 4.69) is 4.98 Å². The van der Waals surface area contributed by atoms with Gasteiger partial charge in [0.2, 0.25) is 5.92 Å². The first kappa shape index (κ1) is 13.5. The van der Waals surface area contributed by atoms with Crippen molar-refractivity contribution in [3.05, 3.63) is 24.0 Å². The van der Waals surface area contributed by atoms with E-state index < -0.39 is 24.1 Å². The quantitative estimate of drug-likeness (QED) is 0.623. The molecule has 1 aromatic heterocycles. The molecule has 0 atom stereocenters. The van der Waals surface area contributed by atoms with Gasteiger partial charge >= 0.3 is 12.4 Å². The van der Waals surface area contributed by atoms with Crippen molar-refractivity contribution in [2.24, 2.45) is 0 Å². The van der Waals surface area contributed by atoms with Crippen LogP contribution in [0.1, 0.15) is 11.7 Å². The molecule has 0 fully saturated rings. The number of H-pyrrole nitrogens is 1. The van der Waals surface area contributed by atoms with Crippen LogP contribution in [-0.4, -0.2) is 22.3 Å². The third-order valence-corrected chi connectivity index (χ3v) is 2.49. The molecule has 0 saturated heterocycles. The van der Waals surface area contributed by atoms with Crippen LogP contribution in [0.5, 0.6) is 0 Å². The zero-order chi connectivity index (χ0) is 14.4. The van der Waals surface area contributed by atoms with Gasteiger partial charge in [-0.2, -0.15) is 26.3 Å². The van der Waals surface area contributed by atoms with Gasteiger partial charge in [0.1, 0.15) is 11.3 Å². The Morgan fingerprint density at radius 2 is 1.63 bits per heavy atom. The molecule has 1 aromatic carbocycles. The Morgan fingerprint density at radius 3 is 2.11 bits per heavy atom. The van der Waals surface area contributed by atoms with Crippen LogP contribution in [-0.2, 0) is 0 Å². The number of rotatable bonds is 1. The second kappa shape index (κ2) is 4.04. The van der Waals surface area contributed by atoms with Crippen molar-refractivity contribution < 1.29 is 26.3 Å². The number of para-hydroxylation sites is 1. The Hall–Kier alpha value is -1.93. The Labute approximate surface area is 102 Å². The highest BCUT2D eigenvalue weighted by Gasteiger charge is 2.59. The Morgan fingerprint density at radius 1 is 1.05 bits per heavy atom. The topological polar surface area (TPSA) is 54.7 Å². The van der Waals surface area contributed by atoms with Gasteiger partial charge in [0.05, 0.1) is 11.2 Å². The number of aromatic amines is 1. The predicted molar refractivity (Wildman–Crippen MR) is 55.4 cm³/mol. The highest BCUT2D eigenvalue weighted by molar-refractivity contribution is 5.86. The van der Waals surface area contributed by atoms with Crippen molar-refractivity contribution >= 4 is 16.7 Å². The van der Waals surface area contributed by atoms with Crippen molar-refractivity contribution in [1.29, 1.82) is 0 Å². The number of hydrogen-bond acceptors (Lipinski definition) is 2. The number of fused-ring (bicyclic) bond motifs is 1. The second-order valence-electron chi connectivity index (χ2n) is 3.88. The minimum atomic E-state index is -5.49. The number of nitrogens with zero attached hydrogens (tertiary/aromatic N) is 1. The summed E-state index contributed by atoms with van der Waals surface area (Å²) < 4.78 is 75.1. The van der Waals surface area contributed by atoms with E-state index in [1.54, 1.807) is 0 Å². The molecule has 2 rings (SSSR count). The van der Waals surface area contributed by atoms with Gasteiger partial charge in [-0.25, -0.2) is 4.98 Å². The normalized spacial score (nSPS) is 13.4. The maximum Gasteiger partial charge on any atom is 0.407 e. The molecule has 0 aliphatic rings. The van der Waals surface area contributed by atoms with E-state index in [4.69, 9.17) is 5.73 Å². The van der Waals surface area contributed by atoms with E-state index in [1.807, 2.05) is 4.98 Å². The van der Waals surface area contributed by atoms with Crippen molar-refractivity contribution in [1.82, 2.24) is 9.97 Å². The summed E-state index contributed by atoms with van der Waals surface area (Å²) in [5.74, 6) is -4.88. The minimum Gasteiger partial charge on any atom is -0.397 e. The summed E-state index contributed by atoms with van der Waals surface area (Å²) in [7, 11) is 0. The smallest absolute Gasteiger partial charge is 0.397 e. The molecule has 0 unspecified atom stereocenters. The fourth-order valence-corrected chi connectivity index (χ4v) is 1.71. The standard InChI is InChI=1S/C10H7F6N3/c11-9(12,13)7(10(14,15)16)8-18-5-3-1-2-4(17)6(5)19-8/h1-3,7H,17H2,(H,18,19). The first-order valence-electron chi connectivity index (χ1n) is 4.98. The zero-order valence-electron chi connectivity index (χ0n) is 9.10. The van der Waals surface area contributed by atoms with Crippen molar-refractivity contribution in [3.8, 4) is 0 Å². The van der Waals surface area contributed by atoms with Gasteiger partial charge in [-0.15, -0.1) is 0 Å². The fourth-order valence-electron chi connectivity index (χ4n) is 1.71. The van der Waals surface area contributed by atoms with Gasteiger partial charge in [-0.05, 0) is 12.1 Å². The molecule has 19 heavy (non-hydrogen) atoms. The first-order valence-corrected chi connectivity index (χ1v) is 4.98. The number of imidazole rings is 1. The van der Waals surface area contributed by atoms with Gasteiger partial charge in [-0.1, -0.05) is 6.07 Å². The summed E-state index contributed by atoms with van der Waals surface area (Å²) in [6, 6.07) is 4.03. The van der Waals surface area contributed by atoms with E-state index in [9.17, 15) is 26.3 Å². The number of nitrogens with two attached hydrogens (primary N) is 1. The summed E-state index contributed by atoms with van der Waals surface area (Å²) in [6.07, 6.45) is -11.0. The third-order valence-electron chi connectivity index (χ3n) is 2.49. The van der Waals surface area contributed by atoms with Crippen LogP contribution >= 0.6 is 0 Å². The lowest BCUT2D eigenvalue weighted by molar-refractivity contribution is -0.255. The van der Waals surface area contributed by atoms with Crippen molar-refractivity contribution in [2.45, 2.75) is 18.3 Å². The highest BCUT2D eigenvalue weighted by Crippen LogP contribution is 2.45. The molecule has 0 amide bonds. The van der Waals surface area contributed by atoms with Gasteiger partial charge in [-0.3, -0.25) is 0 Å². The molecular weight excluding hydrogens is 276 g/mol. The fraction of sp³-hybridized carbons (Fsp3) is 0.300. The molecule has 3 nitrogen and oxygen atoms in total. The molecule has 0 saturated carbocycles. The number of halogens is 6. The number of aromatic nitrogens is 2. The molecule has 1 heterocycles. The average Bonchev–Trinajstić information content (AvgIpc) is 2.57. The van der Waals surface area contributed by atoms with Crippen LogP contribution in [0.4, 0.5) is 32.0 Å². The highest BCUT2D eigenvalue weighted by atomic mass is 19.4. The van der Waals surface area contributed by atoms with E-state index in [1.165, 1.54) is 18.2 Å². The summed E-state index contributed by atoms with van der Waals surface area (Å²) >= 11 is 0. The molecule has 0 aliphatic heterocycles. The summed E-state index contributed by atoms with van der Waals surface area (Å²) in [4.78, 5) is 5.34. The largest absolute Gasteiger partial charge is 0.407 e. The molecule has 3 N–H and O–H groups in total. The van der Waals surface area contributed by atoms with Gasteiger partial charge < -0.3 is 10.7 Å². The minimum absolute atomic E-state index is 0.00287. The van der Waals surface area contributed by atoms with Gasteiger partial charge in [0, 0.05) is 0 Å². The Balaban J connectivity index is 2.61. The Bertz CT molecular complexity index is 583. The average molecular weight is 283 g/mol. The van der Waals surface area contributed by atoms with E-state index in [0.717, 1.165) is 0 Å². The van der Waals surface area contributed by atoms with E-state index in [-0.39, 0.29) is 16.7 Å². The van der Waals surface area contributed by atoms with Crippen molar-refractivity contribution in [3.63, 3.8) is 0 Å². The Kier molecular flexibility index (Phi) is 2.87. The monoisotopic (exact) mass is 283 g/mol. The number of nitrogen functional groups attached to an aromatic ring is 1. The molecule has 104 valence electrons. The number of alkyl halides is 6. The molecule has 0 aliphatic carbocycles. The summed E-state index contributed by atoms with van der Waals surface area (Å²) in [6.45, 7) is 0. The third kappa shape index (κ3) is 2.45. The lowest BCUT2D eigenvalue weighted by Crippen LogP contribution is -2.34. The first-order chi connectivity index (χ1) is 8.60. The van der Waals surface area contributed by atoms with Crippen LogP contribution < -0.4 is 5.73 Å². The molecule has 0 radical (unpaired) electrons. The second-order valence-corrected chi connectivity index (χ2v) is 3.88. The van der Waals surface area contributed by atoms with Gasteiger partial charge in [0.25, 0.3) is 0 Å². The number of benzene rings is 1. The van der Waals surface area contributed by atoms with Crippen molar-refractivity contribution in [2.75, 3.05) is 5.73 Å². The summed E-state index contributed by atoms with van der Waals surface area (Å²) in [5.41, 5.74) is 5.35. The molecule has 0 spiro atoms. The molecule has 0 bridgehead atoms. The predicted octanol–water partition coefficient (Wildman–Crippen LogP) is 3.35. The lowest BCUT2D eigenvalue weighted by atomic mass is 10.1.